The molecule has 0 amide bonds. The number of hydrogen-bond donors (Lipinski definition) is 0. The third-order valence-corrected chi connectivity index (χ3v) is 12.1. The monoisotopic (exact) mass is 656 g/mol. The molecule has 2 heterocycles. The van der Waals surface area contributed by atoms with Crippen molar-refractivity contribution in [1.82, 2.24) is 0 Å². The summed E-state index contributed by atoms with van der Waals surface area (Å²) in [5.41, 5.74) is 4.86. The van der Waals surface area contributed by atoms with Gasteiger partial charge >= 0.3 is 17.2 Å². The average Bonchev–Trinajstić information content (AvgIpc) is 3.03. The maximum Gasteiger partial charge on any atom is 0.397 e. The summed E-state index contributed by atoms with van der Waals surface area (Å²) in [4.78, 5) is 0. The molecule has 1 spiro atoms. The highest BCUT2D eigenvalue weighted by atomic mass is 31.2. The molecule has 0 unspecified atom stereocenters. The van der Waals surface area contributed by atoms with Crippen molar-refractivity contribution in [3.8, 4) is 11.5 Å². The Morgan fingerprint density at radius 2 is 0.911 bits per heavy atom. The second-order valence-electron chi connectivity index (χ2n) is 15.9. The molecule has 0 atom stereocenters. The third-order valence-electron chi connectivity index (χ3n) is 10.0. The second-order valence-corrected chi connectivity index (χ2v) is 18.2. The van der Waals surface area contributed by atoms with Gasteiger partial charge in [-0.2, -0.15) is 0 Å². The highest BCUT2D eigenvalue weighted by molar-refractivity contribution is 7.42. The number of benzene rings is 2. The topological polar surface area (TPSA) is 55.4 Å². The van der Waals surface area contributed by atoms with E-state index >= 15 is 0 Å². The van der Waals surface area contributed by atoms with E-state index in [1.54, 1.807) is 0 Å². The minimum absolute atomic E-state index is 0.0440. The lowest BCUT2D eigenvalue weighted by Gasteiger charge is -2.41. The van der Waals surface area contributed by atoms with Crippen LogP contribution < -0.4 is 9.05 Å². The predicted octanol–water partition coefficient (Wildman–Crippen LogP) is 11.4. The van der Waals surface area contributed by atoms with Crippen LogP contribution in [-0.4, -0.2) is 26.4 Å². The Hall–Kier alpha value is -1.26. The molecule has 0 radical (unpaired) electrons. The van der Waals surface area contributed by atoms with Crippen molar-refractivity contribution in [3.05, 3.63) is 58.7 Å². The summed E-state index contributed by atoms with van der Waals surface area (Å²) in [7, 11) is -3.00. The smallest absolute Gasteiger partial charge is 0.397 e. The molecule has 2 saturated carbocycles. The van der Waals surface area contributed by atoms with Crippen LogP contribution in [0.1, 0.15) is 140 Å². The van der Waals surface area contributed by atoms with Crippen molar-refractivity contribution in [2.45, 2.75) is 128 Å². The Kier molecular flexibility index (Phi) is 10.5. The summed E-state index contributed by atoms with van der Waals surface area (Å²) in [5, 5.41) is 0. The van der Waals surface area contributed by atoms with Gasteiger partial charge in [0.2, 0.25) is 0 Å². The lowest BCUT2D eigenvalue weighted by Crippen LogP contribution is -2.45. The summed E-state index contributed by atoms with van der Waals surface area (Å²) in [6, 6.07) is 13.5. The second kappa shape index (κ2) is 14.1. The molecule has 4 fully saturated rings. The van der Waals surface area contributed by atoms with E-state index in [1.165, 1.54) is 86.5 Å². The quantitative estimate of drug-likeness (QED) is 0.288. The number of rotatable bonds is 6. The van der Waals surface area contributed by atoms with Crippen LogP contribution in [0, 0.1) is 5.41 Å². The molecule has 45 heavy (non-hydrogen) atoms. The molecule has 4 aliphatic rings. The van der Waals surface area contributed by atoms with Crippen LogP contribution in [0.15, 0.2) is 36.4 Å². The van der Waals surface area contributed by atoms with Crippen molar-refractivity contribution in [1.29, 1.82) is 0 Å². The molecule has 2 aromatic carbocycles. The van der Waals surface area contributed by atoms with E-state index in [9.17, 15) is 0 Å². The normalized spacial score (nSPS) is 27.4. The van der Waals surface area contributed by atoms with E-state index in [-0.39, 0.29) is 16.2 Å². The fourth-order valence-electron chi connectivity index (χ4n) is 7.16. The van der Waals surface area contributed by atoms with Crippen LogP contribution in [0.25, 0.3) is 0 Å². The zero-order valence-electron chi connectivity index (χ0n) is 28.4. The Balaban J connectivity index is 1.04. The maximum absolute atomic E-state index is 6.41. The first-order valence-electron chi connectivity index (χ1n) is 17.3. The first kappa shape index (κ1) is 33.6. The zero-order chi connectivity index (χ0) is 31.7. The SMILES string of the molecule is CC(C)(C)c1cc(C2CCCCC2)ccc1OP1OCC2(CO1)COP(Oc1ccc(C3CCCCC3)cc1C(C)(C)C)OC2. The first-order valence-corrected chi connectivity index (χ1v) is 19.4. The Labute approximate surface area is 274 Å². The van der Waals surface area contributed by atoms with Crippen molar-refractivity contribution >= 4 is 17.2 Å². The zero-order valence-corrected chi connectivity index (χ0v) is 30.2. The fraction of sp³-hybridized carbons (Fsp3) is 0.676. The molecule has 2 saturated heterocycles. The van der Waals surface area contributed by atoms with Crippen LogP contribution >= 0.6 is 17.2 Å². The molecule has 0 aromatic heterocycles. The molecular formula is C37H54O6P2. The molecule has 2 aliphatic heterocycles. The summed E-state index contributed by atoms with van der Waals surface area (Å²) in [6.45, 7) is 15.4. The average molecular weight is 657 g/mol. The molecule has 6 nitrogen and oxygen atoms in total. The van der Waals surface area contributed by atoms with E-state index in [2.05, 4.69) is 77.9 Å². The highest BCUT2D eigenvalue weighted by Gasteiger charge is 2.45. The molecule has 0 bridgehead atoms. The number of hydrogen-bond acceptors (Lipinski definition) is 6. The Morgan fingerprint density at radius 1 is 0.556 bits per heavy atom. The first-order chi connectivity index (χ1) is 21.5. The summed E-state index contributed by atoms with van der Waals surface area (Å²) >= 11 is 0. The van der Waals surface area contributed by atoms with Crippen LogP contribution in [0.5, 0.6) is 11.5 Å². The highest BCUT2D eigenvalue weighted by Crippen LogP contribution is 2.55. The van der Waals surface area contributed by atoms with Gasteiger partial charge in [-0.15, -0.1) is 0 Å². The summed E-state index contributed by atoms with van der Waals surface area (Å²) < 4.78 is 37.6. The molecule has 2 aliphatic carbocycles. The van der Waals surface area contributed by atoms with E-state index in [0.29, 0.717) is 38.3 Å². The van der Waals surface area contributed by atoms with Gasteiger partial charge in [0.05, 0.1) is 31.8 Å². The molecule has 8 heteroatoms. The molecule has 0 N–H and O–H groups in total. The van der Waals surface area contributed by atoms with Gasteiger partial charge in [-0.05, 0) is 71.6 Å². The van der Waals surface area contributed by atoms with Crippen molar-refractivity contribution in [3.63, 3.8) is 0 Å². The van der Waals surface area contributed by atoms with Crippen molar-refractivity contribution < 1.29 is 27.1 Å². The summed E-state index contributed by atoms with van der Waals surface area (Å²) in [5.74, 6) is 3.04. The molecular weight excluding hydrogens is 602 g/mol. The van der Waals surface area contributed by atoms with Gasteiger partial charge < -0.3 is 27.1 Å². The van der Waals surface area contributed by atoms with Crippen LogP contribution in [-0.2, 0) is 28.9 Å². The van der Waals surface area contributed by atoms with Gasteiger partial charge in [0.15, 0.2) is 0 Å². The van der Waals surface area contributed by atoms with E-state index in [4.69, 9.17) is 27.1 Å². The Morgan fingerprint density at radius 3 is 1.24 bits per heavy atom. The largest absolute Gasteiger partial charge is 0.426 e. The van der Waals surface area contributed by atoms with Crippen LogP contribution in [0.4, 0.5) is 0 Å². The third kappa shape index (κ3) is 8.25. The van der Waals surface area contributed by atoms with Gasteiger partial charge in [0.25, 0.3) is 0 Å². The standard InChI is InChI=1S/C37H54O6P2/c1-35(2,3)31-21-29(27-13-9-7-10-14-27)17-19-33(31)42-44-38-23-37(24-39-44)25-40-45(41-26-37)43-34-20-18-30(22-32(34)36(4,5)6)28-15-11-8-12-16-28/h17-22,27-28H,7-16,23-26H2,1-6H3. The van der Waals surface area contributed by atoms with Crippen LogP contribution in [0.2, 0.25) is 0 Å². The van der Waals surface area contributed by atoms with Gasteiger partial charge in [-0.1, -0.05) is 104 Å². The maximum atomic E-state index is 6.41. The minimum Gasteiger partial charge on any atom is -0.426 e. The molecule has 248 valence electrons. The predicted molar refractivity (Wildman–Crippen MR) is 183 cm³/mol. The molecule has 2 aromatic rings. The van der Waals surface area contributed by atoms with Crippen molar-refractivity contribution in [2.24, 2.45) is 5.41 Å². The van der Waals surface area contributed by atoms with Crippen LogP contribution in [0.3, 0.4) is 0 Å². The molecule has 6 rings (SSSR count). The fourth-order valence-corrected chi connectivity index (χ4v) is 9.67. The minimum atomic E-state index is -1.50. The van der Waals surface area contributed by atoms with Gasteiger partial charge in [-0.25, -0.2) is 0 Å². The van der Waals surface area contributed by atoms with Gasteiger partial charge in [0, 0.05) is 11.1 Å². The van der Waals surface area contributed by atoms with E-state index in [1.807, 2.05) is 0 Å². The Bertz CT molecular complexity index is 1170. The lowest BCUT2D eigenvalue weighted by atomic mass is 9.80. The summed E-state index contributed by atoms with van der Waals surface area (Å²) in [6.07, 6.45) is 13.2. The van der Waals surface area contributed by atoms with Gasteiger partial charge in [0.1, 0.15) is 11.5 Å². The van der Waals surface area contributed by atoms with Gasteiger partial charge in [-0.3, -0.25) is 0 Å². The van der Waals surface area contributed by atoms with E-state index in [0.717, 1.165) is 11.5 Å². The van der Waals surface area contributed by atoms with E-state index < -0.39 is 17.2 Å². The van der Waals surface area contributed by atoms with Crippen molar-refractivity contribution in [2.75, 3.05) is 26.4 Å². The lowest BCUT2D eigenvalue weighted by molar-refractivity contribution is -0.0673.